The summed E-state index contributed by atoms with van der Waals surface area (Å²) in [6, 6.07) is 0. The Morgan fingerprint density at radius 2 is 1.35 bits per heavy atom. The molecule has 0 aromatic carbocycles. The minimum atomic E-state index is -1.04. The zero-order valence-corrected chi connectivity index (χ0v) is 11.4. The van der Waals surface area contributed by atoms with Gasteiger partial charge in [-0.2, -0.15) is 0 Å². The van der Waals surface area contributed by atoms with Crippen LogP contribution in [0.4, 0.5) is 0 Å². The van der Waals surface area contributed by atoms with Gasteiger partial charge in [0.25, 0.3) is 0 Å². The van der Waals surface area contributed by atoms with E-state index >= 15 is 0 Å². The predicted molar refractivity (Wildman–Crippen MR) is 69.0 cm³/mol. The zero-order valence-electron chi connectivity index (χ0n) is 10.7. The second kappa shape index (κ2) is 11.9. The van der Waals surface area contributed by atoms with E-state index in [1.54, 1.807) is 0 Å². The number of esters is 1. The van der Waals surface area contributed by atoms with Gasteiger partial charge >= 0.3 is 11.2 Å². The second-order valence-electron chi connectivity index (χ2n) is 4.24. The van der Waals surface area contributed by atoms with Gasteiger partial charge in [-0.3, -0.25) is 4.79 Å². The van der Waals surface area contributed by atoms with Crippen LogP contribution in [0.15, 0.2) is 0 Å². The summed E-state index contributed by atoms with van der Waals surface area (Å²) in [5, 5.41) is -1.04. The molecular weight excluding hydrogens is 240 g/mol. The van der Waals surface area contributed by atoms with Crippen molar-refractivity contribution >= 4 is 22.8 Å². The first-order chi connectivity index (χ1) is 8.18. The maximum Gasteiger partial charge on any atom is 0.391 e. The highest BCUT2D eigenvalue weighted by Gasteiger charge is 2.10. The SMILES string of the molecule is CCCCCCCCCCCOC(=O)C(=O)Cl. The number of hydrogen-bond donors (Lipinski definition) is 0. The Kier molecular flexibility index (Phi) is 11.5. The van der Waals surface area contributed by atoms with Crippen molar-refractivity contribution in [2.24, 2.45) is 0 Å². The molecule has 0 bridgehead atoms. The molecule has 0 aliphatic heterocycles. The molecule has 3 nitrogen and oxygen atoms in total. The third kappa shape index (κ3) is 11.7. The molecule has 4 heteroatoms. The number of rotatable bonds is 11. The van der Waals surface area contributed by atoms with E-state index in [0.29, 0.717) is 6.61 Å². The quantitative estimate of drug-likeness (QED) is 0.246. The van der Waals surface area contributed by atoms with Crippen LogP contribution >= 0.6 is 11.6 Å². The Morgan fingerprint density at radius 3 is 1.82 bits per heavy atom. The van der Waals surface area contributed by atoms with Crippen molar-refractivity contribution in [3.05, 3.63) is 0 Å². The fourth-order valence-corrected chi connectivity index (χ4v) is 1.69. The molecule has 0 N–H and O–H groups in total. The third-order valence-electron chi connectivity index (χ3n) is 2.64. The van der Waals surface area contributed by atoms with Gasteiger partial charge in [0.05, 0.1) is 6.61 Å². The predicted octanol–water partition coefficient (Wildman–Crippen LogP) is 3.83. The van der Waals surface area contributed by atoms with Crippen molar-refractivity contribution in [1.82, 2.24) is 0 Å². The maximum absolute atomic E-state index is 10.7. The second-order valence-corrected chi connectivity index (χ2v) is 4.58. The van der Waals surface area contributed by atoms with Gasteiger partial charge in [0.1, 0.15) is 0 Å². The van der Waals surface area contributed by atoms with Crippen LogP contribution in [0.3, 0.4) is 0 Å². The van der Waals surface area contributed by atoms with Crippen LogP contribution in [-0.2, 0) is 14.3 Å². The summed E-state index contributed by atoms with van der Waals surface area (Å²) in [5.74, 6) is -0.939. The minimum Gasteiger partial charge on any atom is -0.459 e. The number of carbonyl (C=O) groups excluding carboxylic acids is 2. The van der Waals surface area contributed by atoms with Gasteiger partial charge in [-0.25, -0.2) is 4.79 Å². The van der Waals surface area contributed by atoms with E-state index < -0.39 is 11.2 Å². The highest BCUT2D eigenvalue weighted by molar-refractivity contribution is 6.80. The van der Waals surface area contributed by atoms with Gasteiger partial charge in [-0.15, -0.1) is 0 Å². The third-order valence-corrected chi connectivity index (χ3v) is 2.80. The summed E-state index contributed by atoms with van der Waals surface area (Å²) < 4.78 is 4.64. The standard InChI is InChI=1S/C13H23ClO3/c1-2-3-4-5-6-7-8-9-10-11-17-13(16)12(14)15/h2-11H2,1H3. The lowest BCUT2D eigenvalue weighted by molar-refractivity contribution is -0.150. The Balaban J connectivity index is 3.08. The van der Waals surface area contributed by atoms with Crippen molar-refractivity contribution < 1.29 is 14.3 Å². The summed E-state index contributed by atoms with van der Waals surface area (Å²) in [7, 11) is 0. The van der Waals surface area contributed by atoms with Crippen LogP contribution in [0, 0.1) is 0 Å². The smallest absolute Gasteiger partial charge is 0.391 e. The van der Waals surface area contributed by atoms with Crippen LogP contribution in [0.5, 0.6) is 0 Å². The largest absolute Gasteiger partial charge is 0.459 e. The zero-order chi connectivity index (χ0) is 12.9. The molecule has 100 valence electrons. The van der Waals surface area contributed by atoms with Crippen LogP contribution in [-0.4, -0.2) is 17.8 Å². The molecule has 0 fully saturated rings. The van der Waals surface area contributed by atoms with Crippen LogP contribution in [0.25, 0.3) is 0 Å². The molecule has 0 rings (SSSR count). The van der Waals surface area contributed by atoms with Gasteiger partial charge in [0.15, 0.2) is 0 Å². The van der Waals surface area contributed by atoms with Crippen molar-refractivity contribution in [3.8, 4) is 0 Å². The van der Waals surface area contributed by atoms with Crippen molar-refractivity contribution in [2.75, 3.05) is 6.61 Å². The number of hydrogen-bond acceptors (Lipinski definition) is 3. The van der Waals surface area contributed by atoms with E-state index in [4.69, 9.17) is 11.6 Å². The van der Waals surface area contributed by atoms with Gasteiger partial charge in [0.2, 0.25) is 0 Å². The summed E-state index contributed by atoms with van der Waals surface area (Å²) in [6.07, 6.45) is 10.8. The minimum absolute atomic E-state index is 0.299. The Hall–Kier alpha value is -0.570. The molecule has 0 aromatic heterocycles. The number of halogens is 1. The number of ether oxygens (including phenoxy) is 1. The van der Waals surface area contributed by atoms with E-state index in [-0.39, 0.29) is 0 Å². The Bertz CT molecular complexity index is 217. The number of unbranched alkanes of at least 4 members (excludes halogenated alkanes) is 8. The van der Waals surface area contributed by atoms with Gasteiger partial charge in [-0.1, -0.05) is 58.3 Å². The first kappa shape index (κ1) is 16.4. The molecule has 0 unspecified atom stereocenters. The normalized spacial score (nSPS) is 10.2. The lowest BCUT2D eigenvalue weighted by Gasteiger charge is -2.02. The maximum atomic E-state index is 10.7. The molecule has 0 saturated carbocycles. The number of carbonyl (C=O) groups is 2. The molecule has 0 atom stereocenters. The summed E-state index contributed by atoms with van der Waals surface area (Å²) in [4.78, 5) is 21.0. The topological polar surface area (TPSA) is 43.4 Å². The van der Waals surface area contributed by atoms with E-state index in [1.165, 1.54) is 44.9 Å². The monoisotopic (exact) mass is 262 g/mol. The molecule has 0 aliphatic rings. The van der Waals surface area contributed by atoms with E-state index in [2.05, 4.69) is 11.7 Å². The Labute approximate surface area is 109 Å². The first-order valence-electron chi connectivity index (χ1n) is 6.55. The van der Waals surface area contributed by atoms with E-state index in [0.717, 1.165) is 12.8 Å². The summed E-state index contributed by atoms with van der Waals surface area (Å²) in [6.45, 7) is 2.51. The molecule has 0 heterocycles. The highest BCUT2D eigenvalue weighted by atomic mass is 35.5. The molecule has 0 aliphatic carbocycles. The van der Waals surface area contributed by atoms with Crippen LogP contribution < -0.4 is 0 Å². The summed E-state index contributed by atoms with van der Waals surface area (Å²) >= 11 is 4.94. The first-order valence-corrected chi connectivity index (χ1v) is 6.93. The van der Waals surface area contributed by atoms with Gasteiger partial charge in [-0.05, 0) is 18.0 Å². The molecule has 0 radical (unpaired) electrons. The molecule has 0 aromatic rings. The van der Waals surface area contributed by atoms with Crippen molar-refractivity contribution in [2.45, 2.75) is 64.7 Å². The summed E-state index contributed by atoms with van der Waals surface area (Å²) in [5.41, 5.74) is 0. The van der Waals surface area contributed by atoms with Crippen LogP contribution in [0.1, 0.15) is 64.7 Å². The molecule has 0 spiro atoms. The van der Waals surface area contributed by atoms with Gasteiger partial charge < -0.3 is 4.74 Å². The lowest BCUT2D eigenvalue weighted by Crippen LogP contribution is -2.12. The van der Waals surface area contributed by atoms with Crippen molar-refractivity contribution in [3.63, 3.8) is 0 Å². The van der Waals surface area contributed by atoms with Crippen molar-refractivity contribution in [1.29, 1.82) is 0 Å². The van der Waals surface area contributed by atoms with Gasteiger partial charge in [0, 0.05) is 0 Å². The van der Waals surface area contributed by atoms with E-state index in [9.17, 15) is 9.59 Å². The Morgan fingerprint density at radius 1 is 0.882 bits per heavy atom. The molecular formula is C13H23ClO3. The fraction of sp³-hybridized carbons (Fsp3) is 0.846. The fourth-order valence-electron chi connectivity index (χ4n) is 1.63. The van der Waals surface area contributed by atoms with Crippen LogP contribution in [0.2, 0.25) is 0 Å². The molecule has 0 saturated heterocycles. The average molecular weight is 263 g/mol. The highest BCUT2D eigenvalue weighted by Crippen LogP contribution is 2.09. The molecule has 0 amide bonds. The van der Waals surface area contributed by atoms with E-state index in [1.807, 2.05) is 0 Å². The average Bonchev–Trinajstić information content (AvgIpc) is 2.31. The molecule has 17 heavy (non-hydrogen) atoms. The lowest BCUT2D eigenvalue weighted by atomic mass is 10.1.